The quantitative estimate of drug-likeness (QED) is 0.222. The van der Waals surface area contributed by atoms with Crippen molar-refractivity contribution < 1.29 is 23.7 Å². The number of urea groups is 1. The van der Waals surface area contributed by atoms with Crippen molar-refractivity contribution >= 4 is 35.6 Å². The summed E-state index contributed by atoms with van der Waals surface area (Å²) in [7, 11) is 1.62. The van der Waals surface area contributed by atoms with Gasteiger partial charge in [0.25, 0.3) is 0 Å². The van der Waals surface area contributed by atoms with E-state index in [0.717, 1.165) is 45.0 Å². The van der Waals surface area contributed by atoms with E-state index in [9.17, 15) is 4.79 Å². The van der Waals surface area contributed by atoms with Crippen molar-refractivity contribution in [3.05, 3.63) is 46.5 Å². The van der Waals surface area contributed by atoms with Gasteiger partial charge in [-0.3, -0.25) is 0 Å². The second kappa shape index (κ2) is 15.5. The summed E-state index contributed by atoms with van der Waals surface area (Å²) >= 11 is 6.36. The van der Waals surface area contributed by atoms with Crippen LogP contribution < -0.4 is 15.4 Å². The average molecular weight is 586 g/mol. The van der Waals surface area contributed by atoms with E-state index in [2.05, 4.69) is 38.4 Å². The van der Waals surface area contributed by atoms with Crippen LogP contribution in [0.25, 0.3) is 0 Å². The molecule has 0 saturated carbocycles. The summed E-state index contributed by atoms with van der Waals surface area (Å²) in [6.45, 7) is 11.2. The van der Waals surface area contributed by atoms with Crippen LogP contribution in [-0.2, 0) is 14.2 Å². The van der Waals surface area contributed by atoms with Gasteiger partial charge in [0.1, 0.15) is 17.8 Å². The molecule has 2 amide bonds. The Balaban J connectivity index is 0.00000226. The first-order valence-electron chi connectivity index (χ1n) is 13.6. The lowest BCUT2D eigenvalue weighted by Gasteiger charge is -2.37. The van der Waals surface area contributed by atoms with Crippen LogP contribution in [0.1, 0.15) is 40.0 Å². The highest BCUT2D eigenvalue weighted by atomic mass is 35.5. The predicted octanol–water partition coefficient (Wildman–Crippen LogP) is 5.22. The molecule has 0 bridgehead atoms. The maximum Gasteiger partial charge on any atom is 0.319 e. The number of allylic oxidation sites excluding steroid dienone is 2. The van der Waals surface area contributed by atoms with E-state index < -0.39 is 0 Å². The number of aliphatic imine (C=N–C) groups is 2. The minimum Gasteiger partial charge on any atom is -0.498 e. The third-order valence-electron chi connectivity index (χ3n) is 6.76. The molecule has 3 heterocycles. The second-order valence-corrected chi connectivity index (χ2v) is 10.8. The molecule has 11 heteroatoms. The molecule has 2 N–H and O–H groups in total. The minimum absolute atomic E-state index is 0.0124. The molecule has 222 valence electrons. The Morgan fingerprint density at radius 1 is 1.32 bits per heavy atom. The normalized spacial score (nSPS) is 19.0. The minimum atomic E-state index is -0.325. The van der Waals surface area contributed by atoms with Crippen LogP contribution in [0.15, 0.2) is 51.5 Å². The van der Waals surface area contributed by atoms with E-state index in [1.165, 1.54) is 12.8 Å². The van der Waals surface area contributed by atoms with E-state index in [-0.39, 0.29) is 12.1 Å². The van der Waals surface area contributed by atoms with Gasteiger partial charge in [-0.1, -0.05) is 11.6 Å². The average Bonchev–Trinajstić information content (AvgIpc) is 3.38. The smallest absolute Gasteiger partial charge is 0.319 e. The number of halogens is 1. The third-order valence-corrected chi connectivity index (χ3v) is 7.08. The number of terminal acetylenes is 1. The number of ether oxygens (including phenoxy) is 4. The molecular formula is C30H40ClN5O5. The van der Waals surface area contributed by atoms with Crippen LogP contribution in [0.3, 0.4) is 0 Å². The Morgan fingerprint density at radius 3 is 2.73 bits per heavy atom. The molecule has 10 nitrogen and oxygen atoms in total. The number of hydrogen-bond donors (Lipinski definition) is 2. The molecule has 2 saturated heterocycles. The van der Waals surface area contributed by atoms with Crippen molar-refractivity contribution in [2.45, 2.75) is 46.1 Å². The molecule has 0 atom stereocenters. The summed E-state index contributed by atoms with van der Waals surface area (Å²) in [6, 6.07) is 4.73. The van der Waals surface area contributed by atoms with Gasteiger partial charge in [0.15, 0.2) is 5.76 Å². The fourth-order valence-electron chi connectivity index (χ4n) is 4.59. The van der Waals surface area contributed by atoms with Crippen LogP contribution in [0, 0.1) is 18.3 Å². The number of likely N-dealkylation sites (tertiary alicyclic amines) is 1. The molecule has 2 fully saturated rings. The van der Waals surface area contributed by atoms with Crippen molar-refractivity contribution in [1.29, 1.82) is 0 Å². The van der Waals surface area contributed by atoms with Gasteiger partial charge in [0.05, 0.1) is 49.8 Å². The fourth-order valence-corrected chi connectivity index (χ4v) is 4.81. The number of methoxy groups -OCH3 is 1. The molecule has 41 heavy (non-hydrogen) atoms. The monoisotopic (exact) mass is 585 g/mol. The zero-order chi connectivity index (χ0) is 29.8. The standard InChI is InChI=1S/C28H38ClN5O5.C2H2/c1-19(2)32-27(35)33-24-7-6-22(14-23(24)29)39-26-13-21(30-18-31-26)12-25(20(3)36-4)38-11-5-9-34-10-8-28(15-34)16-37-17-28;1-2/h6-7,12,14,18-19H,5,8-11,13,15-17H2,1-4H3,(H2,32,33,35);1-2H/b21-12+,25-20-;. The lowest BCUT2D eigenvalue weighted by molar-refractivity contribution is -0.105. The SMILES string of the molecule is C#C.CO/C(C)=C(/C=C1\CC(Oc2ccc(NC(=O)NC(C)C)c(Cl)c2)=NC=N1)OCCCN1CCC2(COC2)C1. The van der Waals surface area contributed by atoms with Crippen LogP contribution in [0.4, 0.5) is 10.5 Å². The lowest BCUT2D eigenvalue weighted by Crippen LogP contribution is -2.44. The van der Waals surface area contributed by atoms with Crippen molar-refractivity contribution in [3.63, 3.8) is 0 Å². The zero-order valence-electron chi connectivity index (χ0n) is 24.2. The van der Waals surface area contributed by atoms with Gasteiger partial charge in [0.2, 0.25) is 5.90 Å². The van der Waals surface area contributed by atoms with E-state index >= 15 is 0 Å². The highest BCUT2D eigenvalue weighted by Crippen LogP contribution is 2.37. The van der Waals surface area contributed by atoms with E-state index in [1.54, 1.807) is 25.3 Å². The lowest BCUT2D eigenvalue weighted by atomic mass is 9.85. The summed E-state index contributed by atoms with van der Waals surface area (Å²) in [5.41, 5.74) is 1.61. The zero-order valence-corrected chi connectivity index (χ0v) is 25.0. The molecular weight excluding hydrogens is 546 g/mol. The van der Waals surface area contributed by atoms with Crippen molar-refractivity contribution in [3.8, 4) is 18.6 Å². The number of benzene rings is 1. The number of hydrogen-bond acceptors (Lipinski definition) is 8. The fraction of sp³-hybridized carbons (Fsp3) is 0.500. The van der Waals surface area contributed by atoms with Gasteiger partial charge in [-0.15, -0.1) is 12.8 Å². The summed E-state index contributed by atoms with van der Waals surface area (Å²) in [5, 5.41) is 5.84. The molecule has 0 aliphatic carbocycles. The Morgan fingerprint density at radius 2 is 2.10 bits per heavy atom. The molecule has 1 spiro atoms. The van der Waals surface area contributed by atoms with Gasteiger partial charge in [0, 0.05) is 36.7 Å². The van der Waals surface area contributed by atoms with Crippen LogP contribution in [-0.4, -0.2) is 75.8 Å². The number of rotatable bonds is 10. The highest BCUT2D eigenvalue weighted by molar-refractivity contribution is 6.33. The highest BCUT2D eigenvalue weighted by Gasteiger charge is 2.43. The molecule has 0 aromatic heterocycles. The largest absolute Gasteiger partial charge is 0.498 e. The number of amides is 2. The number of nitrogens with zero attached hydrogens (tertiary/aromatic N) is 3. The second-order valence-electron chi connectivity index (χ2n) is 10.4. The van der Waals surface area contributed by atoms with Gasteiger partial charge in [-0.05, 0) is 52.3 Å². The number of nitrogens with one attached hydrogen (secondary N) is 2. The molecule has 3 aliphatic heterocycles. The number of carbonyl (C=O) groups is 1. The first-order chi connectivity index (χ1) is 19.7. The predicted molar refractivity (Wildman–Crippen MR) is 162 cm³/mol. The first-order valence-corrected chi connectivity index (χ1v) is 14.0. The molecule has 3 aliphatic rings. The summed E-state index contributed by atoms with van der Waals surface area (Å²) in [6.07, 6.45) is 13.8. The Bertz CT molecular complexity index is 1200. The topological polar surface area (TPSA) is 106 Å². The summed E-state index contributed by atoms with van der Waals surface area (Å²) < 4.78 is 22.9. The summed E-state index contributed by atoms with van der Waals surface area (Å²) in [4.78, 5) is 23.1. The molecule has 0 radical (unpaired) electrons. The number of anilines is 1. The molecule has 0 unspecified atom stereocenters. The molecule has 4 rings (SSSR count). The van der Waals surface area contributed by atoms with Crippen LogP contribution >= 0.6 is 11.6 Å². The molecule has 1 aromatic carbocycles. The van der Waals surface area contributed by atoms with Crippen molar-refractivity contribution in [2.75, 3.05) is 51.9 Å². The van der Waals surface area contributed by atoms with Gasteiger partial charge in [-0.2, -0.15) is 0 Å². The Labute approximate surface area is 247 Å². The van der Waals surface area contributed by atoms with Crippen molar-refractivity contribution in [2.24, 2.45) is 15.4 Å². The van der Waals surface area contributed by atoms with E-state index in [1.807, 2.05) is 26.8 Å². The number of carbonyl (C=O) groups excluding carboxylic acids is 1. The third kappa shape index (κ3) is 9.52. The maximum absolute atomic E-state index is 12.0. The van der Waals surface area contributed by atoms with Crippen LogP contribution in [0.2, 0.25) is 5.02 Å². The first kappa shape index (κ1) is 32.0. The van der Waals surface area contributed by atoms with E-state index in [4.69, 9.17) is 30.5 Å². The van der Waals surface area contributed by atoms with Crippen molar-refractivity contribution in [1.82, 2.24) is 10.2 Å². The Kier molecular flexibility index (Phi) is 12.1. The Hall–Kier alpha value is -3.52. The van der Waals surface area contributed by atoms with E-state index in [0.29, 0.717) is 52.3 Å². The maximum atomic E-state index is 12.0. The molecule has 1 aromatic rings. The van der Waals surface area contributed by atoms with Gasteiger partial charge >= 0.3 is 6.03 Å². The van der Waals surface area contributed by atoms with Crippen LogP contribution in [0.5, 0.6) is 5.75 Å². The van der Waals surface area contributed by atoms with Gasteiger partial charge < -0.3 is 34.5 Å². The summed E-state index contributed by atoms with van der Waals surface area (Å²) in [5.74, 6) is 2.27. The van der Waals surface area contributed by atoms with Gasteiger partial charge in [-0.25, -0.2) is 14.8 Å².